The molecule has 0 aromatic carbocycles. The molecule has 0 saturated heterocycles. The molecular formula is C10H12F6O3. The van der Waals surface area contributed by atoms with Gasteiger partial charge in [-0.15, -0.1) is 0 Å². The lowest BCUT2D eigenvalue weighted by Gasteiger charge is -2.27. The molecule has 19 heavy (non-hydrogen) atoms. The van der Waals surface area contributed by atoms with Crippen molar-refractivity contribution in [3.05, 3.63) is 12.2 Å². The van der Waals surface area contributed by atoms with E-state index >= 15 is 0 Å². The molecule has 0 rings (SSSR count). The predicted octanol–water partition coefficient (Wildman–Crippen LogP) is 2.60. The minimum Gasteiger partial charge on any atom is -0.462 e. The summed E-state index contributed by atoms with van der Waals surface area (Å²) in [6.45, 7) is 3.66. The summed E-state index contributed by atoms with van der Waals surface area (Å²) in [6, 6.07) is 0. The molecule has 0 heterocycles. The first-order chi connectivity index (χ1) is 8.37. The molecule has 112 valence electrons. The van der Waals surface area contributed by atoms with Crippen LogP contribution in [0.15, 0.2) is 12.2 Å². The molecule has 9 heteroatoms. The summed E-state index contributed by atoms with van der Waals surface area (Å²) in [5.41, 5.74) is -0.0577. The van der Waals surface area contributed by atoms with Gasteiger partial charge < -0.3 is 9.84 Å². The van der Waals surface area contributed by atoms with Gasteiger partial charge in [0, 0.05) is 12.0 Å². The quantitative estimate of drug-likeness (QED) is 0.481. The molecule has 0 aliphatic heterocycles. The zero-order valence-corrected chi connectivity index (χ0v) is 9.81. The van der Waals surface area contributed by atoms with Gasteiger partial charge in [0.15, 0.2) is 5.92 Å². The molecule has 0 aromatic heterocycles. The van der Waals surface area contributed by atoms with Crippen molar-refractivity contribution in [3.8, 4) is 0 Å². The van der Waals surface area contributed by atoms with Crippen LogP contribution >= 0.6 is 0 Å². The molecule has 1 N–H and O–H groups in total. The Kier molecular flexibility index (Phi) is 5.85. The van der Waals surface area contributed by atoms with Crippen molar-refractivity contribution in [2.75, 3.05) is 6.61 Å². The second kappa shape index (κ2) is 6.27. The molecule has 0 fully saturated rings. The van der Waals surface area contributed by atoms with Crippen LogP contribution in [0.25, 0.3) is 0 Å². The maximum Gasteiger partial charge on any atom is 0.403 e. The van der Waals surface area contributed by atoms with E-state index in [-0.39, 0.29) is 5.57 Å². The van der Waals surface area contributed by atoms with E-state index in [1.54, 1.807) is 0 Å². The van der Waals surface area contributed by atoms with Crippen molar-refractivity contribution in [3.63, 3.8) is 0 Å². The normalized spacial score (nSPS) is 14.4. The second-order valence-corrected chi connectivity index (χ2v) is 3.83. The number of aliphatic hydroxyl groups excluding tert-OH is 1. The molecule has 0 bridgehead atoms. The fourth-order valence-electron chi connectivity index (χ4n) is 1.18. The van der Waals surface area contributed by atoms with Crippen LogP contribution in [0.2, 0.25) is 0 Å². The fourth-order valence-corrected chi connectivity index (χ4v) is 1.18. The predicted molar refractivity (Wildman–Crippen MR) is 52.0 cm³/mol. The maximum absolute atomic E-state index is 12.2. The van der Waals surface area contributed by atoms with Gasteiger partial charge in [0.1, 0.15) is 0 Å². The summed E-state index contributed by atoms with van der Waals surface area (Å²) in [4.78, 5) is 10.8. The minimum atomic E-state index is -5.63. The molecule has 0 aliphatic rings. The highest BCUT2D eigenvalue weighted by Crippen LogP contribution is 2.42. The highest BCUT2D eigenvalue weighted by Gasteiger charge is 2.59. The van der Waals surface area contributed by atoms with Crippen LogP contribution in [0.3, 0.4) is 0 Å². The summed E-state index contributed by atoms with van der Waals surface area (Å²) in [5, 5.41) is 8.98. The Labute approximate surface area is 104 Å². The summed E-state index contributed by atoms with van der Waals surface area (Å²) < 4.78 is 77.4. The Balaban J connectivity index is 4.56. The summed E-state index contributed by atoms with van der Waals surface area (Å²) in [6.07, 6.45) is -15.0. The Morgan fingerprint density at radius 3 is 1.95 bits per heavy atom. The number of ether oxygens (including phenoxy) is 1. The highest BCUT2D eigenvalue weighted by atomic mass is 19.4. The number of carbonyl (C=O) groups excluding carboxylic acids is 1. The minimum absolute atomic E-state index is 0.0577. The first-order valence-corrected chi connectivity index (χ1v) is 5.01. The second-order valence-electron chi connectivity index (χ2n) is 3.83. The van der Waals surface area contributed by atoms with E-state index in [9.17, 15) is 31.1 Å². The number of hydrogen-bond acceptors (Lipinski definition) is 3. The zero-order chi connectivity index (χ0) is 15.4. The van der Waals surface area contributed by atoms with Crippen LogP contribution in [0.5, 0.6) is 0 Å². The van der Waals surface area contributed by atoms with Gasteiger partial charge in [0.05, 0.1) is 12.7 Å². The maximum atomic E-state index is 12.2. The van der Waals surface area contributed by atoms with Crippen molar-refractivity contribution in [1.29, 1.82) is 0 Å². The average molecular weight is 294 g/mol. The van der Waals surface area contributed by atoms with Gasteiger partial charge >= 0.3 is 18.3 Å². The van der Waals surface area contributed by atoms with Gasteiger partial charge in [0.25, 0.3) is 0 Å². The van der Waals surface area contributed by atoms with Crippen LogP contribution in [-0.2, 0) is 9.53 Å². The number of esters is 1. The Morgan fingerprint density at radius 2 is 1.63 bits per heavy atom. The first kappa shape index (κ1) is 17.8. The summed E-state index contributed by atoms with van der Waals surface area (Å²) in [5.74, 6) is -4.83. The molecule has 0 radical (unpaired) electrons. The molecule has 0 spiro atoms. The van der Waals surface area contributed by atoms with E-state index in [1.165, 1.54) is 6.92 Å². The van der Waals surface area contributed by atoms with Crippen LogP contribution in [0, 0.1) is 5.92 Å². The lowest BCUT2D eigenvalue weighted by Crippen LogP contribution is -2.45. The van der Waals surface area contributed by atoms with E-state index in [1.807, 2.05) is 0 Å². The number of aliphatic hydroxyl groups is 1. The van der Waals surface area contributed by atoms with Crippen molar-refractivity contribution in [2.24, 2.45) is 5.92 Å². The third kappa shape index (κ3) is 5.95. The molecule has 0 saturated carbocycles. The largest absolute Gasteiger partial charge is 0.462 e. The number of carbonyl (C=O) groups is 1. The standard InChI is InChI=1S/C10H12F6O3/c1-5(2)8(18)19-4-3-6(17)7(9(11,12)13)10(14,15)16/h6-7,17H,1,3-4H2,2H3. The van der Waals surface area contributed by atoms with Gasteiger partial charge in [0.2, 0.25) is 0 Å². The monoisotopic (exact) mass is 294 g/mol. The molecule has 1 unspecified atom stereocenters. The summed E-state index contributed by atoms with van der Waals surface area (Å²) >= 11 is 0. The Hall–Kier alpha value is -1.25. The van der Waals surface area contributed by atoms with E-state index in [4.69, 9.17) is 5.11 Å². The van der Waals surface area contributed by atoms with Gasteiger partial charge in [-0.2, -0.15) is 26.3 Å². The van der Waals surface area contributed by atoms with Crippen LogP contribution in [-0.4, -0.2) is 36.1 Å². The Morgan fingerprint density at radius 1 is 1.21 bits per heavy atom. The van der Waals surface area contributed by atoms with E-state index < -0.39 is 43.4 Å². The average Bonchev–Trinajstić information content (AvgIpc) is 2.11. The van der Waals surface area contributed by atoms with Crippen LogP contribution in [0.1, 0.15) is 13.3 Å². The molecule has 0 aromatic rings. The van der Waals surface area contributed by atoms with Crippen molar-refractivity contribution < 1.29 is 41.0 Å². The van der Waals surface area contributed by atoms with Crippen molar-refractivity contribution in [2.45, 2.75) is 31.8 Å². The number of alkyl halides is 6. The van der Waals surface area contributed by atoms with Gasteiger partial charge in [-0.3, -0.25) is 0 Å². The molecule has 1 atom stereocenters. The number of halogens is 6. The smallest absolute Gasteiger partial charge is 0.403 e. The Bertz CT molecular complexity index is 319. The van der Waals surface area contributed by atoms with Gasteiger partial charge in [-0.25, -0.2) is 4.79 Å². The topological polar surface area (TPSA) is 46.5 Å². The molecular weight excluding hydrogens is 282 g/mol. The molecule has 0 aliphatic carbocycles. The van der Waals surface area contributed by atoms with E-state index in [0.717, 1.165) is 0 Å². The summed E-state index contributed by atoms with van der Waals surface area (Å²) in [7, 11) is 0. The number of rotatable bonds is 5. The zero-order valence-electron chi connectivity index (χ0n) is 9.81. The lowest BCUT2D eigenvalue weighted by molar-refractivity contribution is -0.306. The highest BCUT2D eigenvalue weighted by molar-refractivity contribution is 5.86. The van der Waals surface area contributed by atoms with E-state index in [0.29, 0.717) is 0 Å². The third-order valence-electron chi connectivity index (χ3n) is 2.09. The van der Waals surface area contributed by atoms with Crippen molar-refractivity contribution in [1.82, 2.24) is 0 Å². The van der Waals surface area contributed by atoms with Crippen LogP contribution < -0.4 is 0 Å². The lowest BCUT2D eigenvalue weighted by atomic mass is 9.99. The van der Waals surface area contributed by atoms with Crippen LogP contribution in [0.4, 0.5) is 26.3 Å². The molecule has 3 nitrogen and oxygen atoms in total. The SMILES string of the molecule is C=C(C)C(=O)OCCC(O)C(C(F)(F)F)C(F)(F)F. The van der Waals surface area contributed by atoms with Crippen molar-refractivity contribution >= 4 is 5.97 Å². The van der Waals surface area contributed by atoms with Gasteiger partial charge in [-0.1, -0.05) is 6.58 Å². The number of hydrogen-bond donors (Lipinski definition) is 1. The molecule has 0 amide bonds. The first-order valence-electron chi connectivity index (χ1n) is 5.01. The fraction of sp³-hybridized carbons (Fsp3) is 0.700. The van der Waals surface area contributed by atoms with E-state index in [2.05, 4.69) is 11.3 Å². The third-order valence-corrected chi connectivity index (χ3v) is 2.09. The van der Waals surface area contributed by atoms with Gasteiger partial charge in [-0.05, 0) is 6.92 Å².